The molecular weight excluding hydrogens is 288 g/mol. The molecular formula is C14H18N4O2S. The van der Waals surface area contributed by atoms with Gasteiger partial charge >= 0.3 is 0 Å². The minimum absolute atomic E-state index is 0.000329. The first-order valence-corrected chi connectivity index (χ1v) is 7.93. The average molecular weight is 306 g/mol. The van der Waals surface area contributed by atoms with Gasteiger partial charge in [-0.15, -0.1) is 11.3 Å². The SMILES string of the molecule is Cc1csc2c(N[C@H]3CCCN(CCO)C3=O)ncnc12. The van der Waals surface area contributed by atoms with Crippen molar-refractivity contribution >= 4 is 33.3 Å². The molecule has 1 atom stereocenters. The fourth-order valence-electron chi connectivity index (χ4n) is 2.65. The van der Waals surface area contributed by atoms with Crippen LogP contribution in [0.15, 0.2) is 11.7 Å². The summed E-state index contributed by atoms with van der Waals surface area (Å²) in [4.78, 5) is 22.7. The molecule has 3 heterocycles. The Kier molecular flexibility index (Phi) is 4.03. The summed E-state index contributed by atoms with van der Waals surface area (Å²) >= 11 is 1.59. The Morgan fingerprint density at radius 3 is 3.19 bits per heavy atom. The Morgan fingerprint density at radius 1 is 1.52 bits per heavy atom. The number of nitrogens with zero attached hydrogens (tertiary/aromatic N) is 3. The minimum Gasteiger partial charge on any atom is -0.395 e. The maximum absolute atomic E-state index is 12.4. The largest absolute Gasteiger partial charge is 0.395 e. The first-order valence-electron chi connectivity index (χ1n) is 7.05. The van der Waals surface area contributed by atoms with Crippen LogP contribution in [0.2, 0.25) is 0 Å². The molecule has 6 nitrogen and oxygen atoms in total. The van der Waals surface area contributed by atoms with Crippen molar-refractivity contribution in [1.29, 1.82) is 0 Å². The number of fused-ring (bicyclic) bond motifs is 1. The number of aromatic nitrogens is 2. The number of piperidine rings is 1. The predicted octanol–water partition coefficient (Wildman–Crippen LogP) is 1.39. The zero-order valence-electron chi connectivity index (χ0n) is 11.9. The number of nitrogens with one attached hydrogen (secondary N) is 1. The Morgan fingerprint density at radius 2 is 2.38 bits per heavy atom. The fourth-order valence-corrected chi connectivity index (χ4v) is 3.61. The third kappa shape index (κ3) is 2.71. The first kappa shape index (κ1) is 14.2. The number of rotatable bonds is 4. The maximum atomic E-state index is 12.4. The van der Waals surface area contributed by atoms with Crippen LogP contribution in [-0.2, 0) is 4.79 Å². The van der Waals surface area contributed by atoms with E-state index in [4.69, 9.17) is 5.11 Å². The number of aryl methyl sites for hydroxylation is 1. The van der Waals surface area contributed by atoms with Crippen LogP contribution in [0.5, 0.6) is 0 Å². The highest BCUT2D eigenvalue weighted by Gasteiger charge is 2.29. The number of carbonyl (C=O) groups is 1. The molecule has 1 amide bonds. The molecule has 0 unspecified atom stereocenters. The molecule has 0 aliphatic carbocycles. The van der Waals surface area contributed by atoms with E-state index in [1.807, 2.05) is 12.3 Å². The van der Waals surface area contributed by atoms with Crippen molar-refractivity contribution in [3.8, 4) is 0 Å². The Balaban J connectivity index is 1.83. The quantitative estimate of drug-likeness (QED) is 0.892. The van der Waals surface area contributed by atoms with Crippen LogP contribution in [0, 0.1) is 6.92 Å². The van der Waals surface area contributed by atoms with Gasteiger partial charge in [-0.05, 0) is 30.7 Å². The van der Waals surface area contributed by atoms with Gasteiger partial charge in [0.15, 0.2) is 0 Å². The number of aliphatic hydroxyl groups excluding tert-OH is 1. The molecule has 2 aromatic rings. The van der Waals surface area contributed by atoms with Gasteiger partial charge in [0.2, 0.25) is 5.91 Å². The summed E-state index contributed by atoms with van der Waals surface area (Å²) in [6, 6.07) is -0.272. The van der Waals surface area contributed by atoms with E-state index in [1.54, 1.807) is 16.2 Å². The van der Waals surface area contributed by atoms with Crippen LogP contribution in [-0.4, -0.2) is 51.6 Å². The second-order valence-electron chi connectivity index (χ2n) is 5.21. The average Bonchev–Trinajstić information content (AvgIpc) is 2.86. The third-order valence-corrected chi connectivity index (χ3v) is 4.84. The summed E-state index contributed by atoms with van der Waals surface area (Å²) in [5.41, 5.74) is 2.06. The minimum atomic E-state index is -0.272. The molecule has 112 valence electrons. The number of thiophene rings is 1. The second kappa shape index (κ2) is 5.95. The van der Waals surface area contributed by atoms with Crippen LogP contribution in [0.1, 0.15) is 18.4 Å². The van der Waals surface area contributed by atoms with E-state index < -0.39 is 0 Å². The number of β-amino-alcohol motifs (C(OH)–C–C–N with tert-alkyl or cyclic N) is 1. The van der Waals surface area contributed by atoms with Crippen molar-refractivity contribution in [1.82, 2.24) is 14.9 Å². The number of carbonyl (C=O) groups excluding carboxylic acids is 1. The second-order valence-corrected chi connectivity index (χ2v) is 6.09. The third-order valence-electron chi connectivity index (χ3n) is 3.74. The number of hydrogen-bond acceptors (Lipinski definition) is 6. The highest BCUT2D eigenvalue weighted by Crippen LogP contribution is 2.29. The summed E-state index contributed by atoms with van der Waals surface area (Å²) < 4.78 is 0.988. The molecule has 3 rings (SSSR count). The van der Waals surface area contributed by atoms with Crippen LogP contribution >= 0.6 is 11.3 Å². The van der Waals surface area contributed by atoms with Crippen molar-refractivity contribution in [3.63, 3.8) is 0 Å². The molecule has 0 spiro atoms. The lowest BCUT2D eigenvalue weighted by molar-refractivity contribution is -0.134. The summed E-state index contributed by atoms with van der Waals surface area (Å²) in [6.07, 6.45) is 3.25. The zero-order chi connectivity index (χ0) is 14.8. The molecule has 1 saturated heterocycles. The Hall–Kier alpha value is -1.73. The van der Waals surface area contributed by atoms with Crippen molar-refractivity contribution in [2.24, 2.45) is 0 Å². The van der Waals surface area contributed by atoms with Crippen molar-refractivity contribution in [2.45, 2.75) is 25.8 Å². The van der Waals surface area contributed by atoms with E-state index in [0.717, 1.165) is 41.0 Å². The number of amides is 1. The van der Waals surface area contributed by atoms with Gasteiger partial charge < -0.3 is 15.3 Å². The number of anilines is 1. The van der Waals surface area contributed by atoms with Gasteiger partial charge in [-0.1, -0.05) is 0 Å². The number of hydrogen-bond donors (Lipinski definition) is 2. The van der Waals surface area contributed by atoms with Gasteiger partial charge in [0.05, 0.1) is 16.8 Å². The molecule has 0 radical (unpaired) electrons. The van der Waals surface area contributed by atoms with Crippen LogP contribution in [0.3, 0.4) is 0 Å². The monoisotopic (exact) mass is 306 g/mol. The maximum Gasteiger partial charge on any atom is 0.245 e. The highest BCUT2D eigenvalue weighted by atomic mass is 32.1. The van der Waals surface area contributed by atoms with Gasteiger partial charge in [0, 0.05) is 13.1 Å². The van der Waals surface area contributed by atoms with E-state index in [-0.39, 0.29) is 18.6 Å². The summed E-state index contributed by atoms with van der Waals surface area (Å²) in [5, 5.41) is 14.3. The van der Waals surface area contributed by atoms with Crippen LogP contribution in [0.25, 0.3) is 10.2 Å². The molecule has 21 heavy (non-hydrogen) atoms. The molecule has 1 fully saturated rings. The number of likely N-dealkylation sites (tertiary alicyclic amines) is 1. The topological polar surface area (TPSA) is 78.4 Å². The predicted molar refractivity (Wildman–Crippen MR) is 82.5 cm³/mol. The Labute approximate surface area is 126 Å². The highest BCUT2D eigenvalue weighted by molar-refractivity contribution is 7.18. The first-order chi connectivity index (χ1) is 10.2. The van der Waals surface area contributed by atoms with E-state index >= 15 is 0 Å². The molecule has 1 aliphatic rings. The van der Waals surface area contributed by atoms with E-state index in [1.165, 1.54) is 6.33 Å². The van der Waals surface area contributed by atoms with Crippen molar-refractivity contribution in [3.05, 3.63) is 17.3 Å². The lowest BCUT2D eigenvalue weighted by atomic mass is 10.0. The summed E-state index contributed by atoms with van der Waals surface area (Å²) in [5.74, 6) is 0.762. The smallest absolute Gasteiger partial charge is 0.245 e. The van der Waals surface area contributed by atoms with E-state index in [9.17, 15) is 4.79 Å². The molecule has 0 aromatic carbocycles. The molecule has 0 saturated carbocycles. The molecule has 2 aromatic heterocycles. The fraction of sp³-hybridized carbons (Fsp3) is 0.500. The van der Waals surface area contributed by atoms with Crippen LogP contribution in [0.4, 0.5) is 5.82 Å². The van der Waals surface area contributed by atoms with Gasteiger partial charge in [0.25, 0.3) is 0 Å². The van der Waals surface area contributed by atoms with Gasteiger partial charge in [-0.25, -0.2) is 9.97 Å². The molecule has 7 heteroatoms. The van der Waals surface area contributed by atoms with Gasteiger partial charge in [-0.2, -0.15) is 0 Å². The zero-order valence-corrected chi connectivity index (χ0v) is 12.7. The number of aliphatic hydroxyl groups is 1. The Bertz CT molecular complexity index is 655. The van der Waals surface area contributed by atoms with Crippen molar-refractivity contribution < 1.29 is 9.90 Å². The van der Waals surface area contributed by atoms with Crippen molar-refractivity contribution in [2.75, 3.05) is 25.0 Å². The summed E-state index contributed by atoms with van der Waals surface area (Å²) in [7, 11) is 0. The normalized spacial score (nSPS) is 19.2. The summed E-state index contributed by atoms with van der Waals surface area (Å²) in [6.45, 7) is 3.13. The molecule has 1 aliphatic heterocycles. The molecule has 0 bridgehead atoms. The van der Waals surface area contributed by atoms with E-state index in [0.29, 0.717) is 6.54 Å². The molecule has 2 N–H and O–H groups in total. The lowest BCUT2D eigenvalue weighted by Gasteiger charge is -2.32. The standard InChI is InChI=1S/C14H18N4O2S/c1-9-7-21-12-11(9)15-8-16-13(12)17-10-3-2-4-18(5-6-19)14(10)20/h7-8,10,19H,2-6H2,1H3,(H,15,16,17)/t10-/m0/s1. The van der Waals surface area contributed by atoms with Gasteiger partial charge in [-0.3, -0.25) is 4.79 Å². The van der Waals surface area contributed by atoms with Crippen LogP contribution < -0.4 is 5.32 Å². The lowest BCUT2D eigenvalue weighted by Crippen LogP contribution is -2.48. The van der Waals surface area contributed by atoms with Gasteiger partial charge in [0.1, 0.15) is 18.2 Å². The van der Waals surface area contributed by atoms with E-state index in [2.05, 4.69) is 15.3 Å².